The van der Waals surface area contributed by atoms with Crippen LogP contribution in [-0.4, -0.2) is 5.54 Å². The molecule has 1 aromatic rings. The van der Waals surface area contributed by atoms with Crippen molar-refractivity contribution in [2.45, 2.75) is 37.1 Å². The fraction of sp³-hybridized carbons (Fsp3) is 0.500. The molecule has 14 heavy (non-hydrogen) atoms. The van der Waals surface area contributed by atoms with Gasteiger partial charge in [-0.3, -0.25) is 0 Å². The smallest absolute Gasteiger partial charge is 0.0440 e. The Kier molecular flexibility index (Phi) is 1.71. The molecule has 0 saturated heterocycles. The first-order chi connectivity index (χ1) is 6.71. The minimum Gasteiger partial charge on any atom is -0.325 e. The van der Waals surface area contributed by atoms with E-state index in [4.69, 9.17) is 17.3 Å². The van der Waals surface area contributed by atoms with Crippen molar-refractivity contribution < 1.29 is 0 Å². The lowest BCUT2D eigenvalue weighted by Crippen LogP contribution is -2.29. The van der Waals surface area contributed by atoms with Gasteiger partial charge >= 0.3 is 0 Å². The van der Waals surface area contributed by atoms with E-state index < -0.39 is 0 Å². The van der Waals surface area contributed by atoms with Gasteiger partial charge in [-0.2, -0.15) is 0 Å². The summed E-state index contributed by atoms with van der Waals surface area (Å²) >= 11 is 6.16. The average Bonchev–Trinajstić information content (AvgIpc) is 2.77. The molecule has 2 N–H and O–H groups in total. The van der Waals surface area contributed by atoms with Crippen LogP contribution in [0, 0.1) is 0 Å². The monoisotopic (exact) mass is 207 g/mol. The normalized spacial score (nSPS) is 27.4. The van der Waals surface area contributed by atoms with Gasteiger partial charge in [0.1, 0.15) is 0 Å². The molecule has 0 aliphatic heterocycles. The molecule has 1 unspecified atom stereocenters. The predicted molar refractivity (Wildman–Crippen MR) is 58.7 cm³/mol. The fourth-order valence-corrected chi connectivity index (χ4v) is 2.98. The second-order valence-corrected chi connectivity index (χ2v) is 5.04. The predicted octanol–water partition coefficient (Wildman–Crippen LogP) is 2.86. The van der Waals surface area contributed by atoms with Crippen molar-refractivity contribution in [2.24, 2.45) is 5.73 Å². The van der Waals surface area contributed by atoms with Crippen LogP contribution in [0.2, 0.25) is 5.02 Å². The van der Waals surface area contributed by atoms with E-state index in [1.807, 2.05) is 12.1 Å². The summed E-state index contributed by atoms with van der Waals surface area (Å²) in [6, 6.07) is 6.23. The van der Waals surface area contributed by atoms with Crippen LogP contribution in [0.25, 0.3) is 0 Å². The van der Waals surface area contributed by atoms with Gasteiger partial charge in [0.05, 0.1) is 0 Å². The number of hydrogen-bond donors (Lipinski definition) is 1. The van der Waals surface area contributed by atoms with Gasteiger partial charge in [-0.05, 0) is 42.9 Å². The summed E-state index contributed by atoms with van der Waals surface area (Å²) in [6.45, 7) is 0. The van der Waals surface area contributed by atoms with E-state index in [2.05, 4.69) is 6.07 Å². The third kappa shape index (κ3) is 1.12. The maximum atomic E-state index is 6.27. The molecule has 1 saturated carbocycles. The average molecular weight is 208 g/mol. The zero-order chi connectivity index (χ0) is 9.76. The first kappa shape index (κ1) is 8.75. The minimum atomic E-state index is 0.107. The molecule has 2 aliphatic rings. The van der Waals surface area contributed by atoms with Crippen molar-refractivity contribution >= 4 is 11.6 Å². The Labute approximate surface area is 89.3 Å². The molecule has 1 atom stereocenters. The molecular formula is C12H14ClN. The molecule has 1 nitrogen and oxygen atoms in total. The Morgan fingerprint density at radius 3 is 2.86 bits per heavy atom. The molecule has 0 amide bonds. The van der Waals surface area contributed by atoms with Gasteiger partial charge in [0.15, 0.2) is 0 Å². The largest absolute Gasteiger partial charge is 0.325 e. The van der Waals surface area contributed by atoms with Crippen LogP contribution < -0.4 is 5.73 Å². The maximum Gasteiger partial charge on any atom is 0.0440 e. The molecule has 0 aromatic heterocycles. The van der Waals surface area contributed by atoms with Gasteiger partial charge in [0, 0.05) is 16.5 Å². The molecular weight excluding hydrogens is 194 g/mol. The van der Waals surface area contributed by atoms with Crippen LogP contribution in [-0.2, 0) is 6.42 Å². The van der Waals surface area contributed by atoms with E-state index in [1.165, 1.54) is 30.4 Å². The highest BCUT2D eigenvalue weighted by Gasteiger charge is 2.48. The highest BCUT2D eigenvalue weighted by molar-refractivity contribution is 6.31. The molecule has 3 rings (SSSR count). The Morgan fingerprint density at radius 1 is 1.36 bits per heavy atom. The van der Waals surface area contributed by atoms with Crippen molar-refractivity contribution in [3.8, 4) is 0 Å². The highest BCUT2D eigenvalue weighted by atomic mass is 35.5. The van der Waals surface area contributed by atoms with Gasteiger partial charge in [0.25, 0.3) is 0 Å². The van der Waals surface area contributed by atoms with E-state index in [1.54, 1.807) is 0 Å². The van der Waals surface area contributed by atoms with E-state index in [0.29, 0.717) is 5.92 Å². The van der Waals surface area contributed by atoms with Crippen molar-refractivity contribution in [3.63, 3.8) is 0 Å². The van der Waals surface area contributed by atoms with Crippen LogP contribution in [0.3, 0.4) is 0 Å². The van der Waals surface area contributed by atoms with Crippen molar-refractivity contribution in [1.29, 1.82) is 0 Å². The van der Waals surface area contributed by atoms with Crippen molar-refractivity contribution in [2.75, 3.05) is 0 Å². The zero-order valence-corrected chi connectivity index (χ0v) is 8.85. The topological polar surface area (TPSA) is 26.0 Å². The Bertz CT molecular complexity index is 382. The molecule has 0 spiro atoms. The molecule has 0 bridgehead atoms. The van der Waals surface area contributed by atoms with Crippen LogP contribution in [0.15, 0.2) is 18.2 Å². The van der Waals surface area contributed by atoms with Gasteiger partial charge in [-0.15, -0.1) is 0 Å². The lowest BCUT2D eigenvalue weighted by atomic mass is 9.92. The minimum absolute atomic E-state index is 0.107. The molecule has 1 aromatic carbocycles. The number of benzene rings is 1. The number of fused-ring (bicyclic) bond motifs is 1. The summed E-state index contributed by atoms with van der Waals surface area (Å²) in [5.41, 5.74) is 9.14. The zero-order valence-electron chi connectivity index (χ0n) is 8.09. The van der Waals surface area contributed by atoms with Crippen LogP contribution in [0.4, 0.5) is 0 Å². The van der Waals surface area contributed by atoms with E-state index >= 15 is 0 Å². The van der Waals surface area contributed by atoms with Gasteiger partial charge in [-0.1, -0.05) is 23.7 Å². The lowest BCUT2D eigenvalue weighted by molar-refractivity contribution is 0.516. The third-order valence-corrected chi connectivity index (χ3v) is 4.09. The molecule has 0 radical (unpaired) electrons. The van der Waals surface area contributed by atoms with E-state index in [9.17, 15) is 0 Å². The Morgan fingerprint density at radius 2 is 2.14 bits per heavy atom. The number of rotatable bonds is 1. The van der Waals surface area contributed by atoms with Crippen molar-refractivity contribution in [3.05, 3.63) is 34.3 Å². The summed E-state index contributed by atoms with van der Waals surface area (Å²) in [6.07, 6.45) is 4.67. The molecule has 2 aliphatic carbocycles. The number of halogens is 1. The SMILES string of the molecule is NC1(C2CCc3c(Cl)cccc32)CC1. The fourth-order valence-electron chi connectivity index (χ4n) is 2.70. The van der Waals surface area contributed by atoms with E-state index in [-0.39, 0.29) is 5.54 Å². The highest BCUT2D eigenvalue weighted by Crippen LogP contribution is 2.51. The first-order valence-electron chi connectivity index (χ1n) is 5.27. The van der Waals surface area contributed by atoms with Crippen LogP contribution in [0.5, 0.6) is 0 Å². The van der Waals surface area contributed by atoms with Crippen LogP contribution >= 0.6 is 11.6 Å². The number of nitrogens with two attached hydrogens (primary N) is 1. The second-order valence-electron chi connectivity index (χ2n) is 4.63. The molecule has 74 valence electrons. The van der Waals surface area contributed by atoms with Gasteiger partial charge in [-0.25, -0.2) is 0 Å². The number of hydrogen-bond acceptors (Lipinski definition) is 1. The summed E-state index contributed by atoms with van der Waals surface area (Å²) in [5.74, 6) is 0.566. The third-order valence-electron chi connectivity index (χ3n) is 3.73. The summed E-state index contributed by atoms with van der Waals surface area (Å²) < 4.78 is 0. The Hall–Kier alpha value is -0.530. The summed E-state index contributed by atoms with van der Waals surface area (Å²) in [4.78, 5) is 0. The maximum absolute atomic E-state index is 6.27. The molecule has 1 fully saturated rings. The van der Waals surface area contributed by atoms with Crippen molar-refractivity contribution in [1.82, 2.24) is 0 Å². The summed E-state index contributed by atoms with van der Waals surface area (Å²) in [7, 11) is 0. The molecule has 2 heteroatoms. The second kappa shape index (κ2) is 2.74. The Balaban J connectivity index is 2.06. The quantitative estimate of drug-likeness (QED) is 0.753. The van der Waals surface area contributed by atoms with Gasteiger partial charge in [0.2, 0.25) is 0 Å². The summed E-state index contributed by atoms with van der Waals surface area (Å²) in [5, 5.41) is 0.925. The van der Waals surface area contributed by atoms with Crippen LogP contribution in [0.1, 0.15) is 36.3 Å². The van der Waals surface area contributed by atoms with E-state index in [0.717, 1.165) is 11.4 Å². The first-order valence-corrected chi connectivity index (χ1v) is 5.65. The standard InChI is InChI=1S/C12H14ClN/c13-11-3-1-2-8-9(11)4-5-10(8)12(14)6-7-12/h1-3,10H,4-7,14H2. The molecule has 0 heterocycles. The van der Waals surface area contributed by atoms with Gasteiger partial charge < -0.3 is 5.73 Å². The lowest BCUT2D eigenvalue weighted by Gasteiger charge is -2.19.